The Balaban J connectivity index is 1.40. The van der Waals surface area contributed by atoms with Crippen molar-refractivity contribution in [3.8, 4) is 0 Å². The number of nitrogens with zero attached hydrogens (tertiary/aromatic N) is 5. The van der Waals surface area contributed by atoms with E-state index in [1.165, 1.54) is 0 Å². The zero-order valence-corrected chi connectivity index (χ0v) is 16.4. The van der Waals surface area contributed by atoms with E-state index in [1.807, 2.05) is 44.8 Å². The van der Waals surface area contributed by atoms with Crippen molar-refractivity contribution in [3.05, 3.63) is 64.0 Å². The maximum absolute atomic E-state index is 13.2. The summed E-state index contributed by atoms with van der Waals surface area (Å²) in [6.07, 6.45) is 6.43. The highest BCUT2D eigenvalue weighted by Gasteiger charge is 2.34. The topological polar surface area (TPSA) is 72.1 Å². The van der Waals surface area contributed by atoms with E-state index < -0.39 is 0 Å². The van der Waals surface area contributed by atoms with Gasteiger partial charge in [0.25, 0.3) is 11.5 Å². The number of aromatic nitrogens is 3. The summed E-state index contributed by atoms with van der Waals surface area (Å²) in [5.41, 5.74) is 3.72. The zero-order valence-electron chi connectivity index (χ0n) is 16.4. The molecule has 0 saturated carbocycles. The molecule has 29 heavy (non-hydrogen) atoms. The van der Waals surface area contributed by atoms with E-state index in [2.05, 4.69) is 4.98 Å². The van der Waals surface area contributed by atoms with E-state index in [9.17, 15) is 9.59 Å². The number of morpholine rings is 1. The molecule has 0 aliphatic carbocycles. The number of amides is 1. The molecule has 5 heterocycles. The molecule has 0 atom stereocenters. The number of fused-ring (bicyclic) bond motifs is 2. The first kappa shape index (κ1) is 17.9. The van der Waals surface area contributed by atoms with Crippen LogP contribution in [0.15, 0.2) is 41.6 Å². The van der Waals surface area contributed by atoms with Gasteiger partial charge < -0.3 is 23.5 Å². The second-order valence-corrected chi connectivity index (χ2v) is 7.57. The second-order valence-electron chi connectivity index (χ2n) is 7.57. The fourth-order valence-corrected chi connectivity index (χ4v) is 4.20. The Bertz CT molecular complexity index is 1110. The van der Waals surface area contributed by atoms with E-state index in [4.69, 9.17) is 4.74 Å². The van der Waals surface area contributed by atoms with Gasteiger partial charge in [-0.3, -0.25) is 9.59 Å². The molecule has 1 fully saturated rings. The van der Waals surface area contributed by atoms with Gasteiger partial charge in [0, 0.05) is 63.8 Å². The number of pyridine rings is 2. The number of ether oxygens (including phenoxy) is 1. The number of carbonyl (C=O) groups excluding carboxylic acids is 1. The summed E-state index contributed by atoms with van der Waals surface area (Å²) in [7, 11) is 1.75. The molecule has 1 amide bonds. The summed E-state index contributed by atoms with van der Waals surface area (Å²) in [5.74, 6) is -0.0667. The molecule has 8 nitrogen and oxygen atoms in total. The first-order valence-electron chi connectivity index (χ1n) is 9.89. The summed E-state index contributed by atoms with van der Waals surface area (Å²) < 4.78 is 8.98. The number of rotatable bonds is 4. The van der Waals surface area contributed by atoms with E-state index in [0.717, 1.165) is 16.9 Å². The van der Waals surface area contributed by atoms with Crippen LogP contribution in [0, 0.1) is 0 Å². The molecular formula is C21H23N5O3. The highest BCUT2D eigenvalue weighted by Crippen LogP contribution is 2.29. The Morgan fingerprint density at radius 2 is 1.97 bits per heavy atom. The highest BCUT2D eigenvalue weighted by molar-refractivity contribution is 6.03. The number of carbonyl (C=O) groups is 1. The minimum absolute atomic E-state index is 0.0667. The molecule has 5 rings (SSSR count). The van der Waals surface area contributed by atoms with Gasteiger partial charge in [-0.2, -0.15) is 0 Å². The van der Waals surface area contributed by atoms with Crippen molar-refractivity contribution in [2.75, 3.05) is 37.7 Å². The third-order valence-corrected chi connectivity index (χ3v) is 5.67. The minimum atomic E-state index is -0.124. The van der Waals surface area contributed by atoms with Gasteiger partial charge in [0.05, 0.1) is 24.5 Å². The van der Waals surface area contributed by atoms with Gasteiger partial charge in [0.2, 0.25) is 0 Å². The Labute approximate surface area is 167 Å². The van der Waals surface area contributed by atoms with Crippen LogP contribution in [-0.4, -0.2) is 57.6 Å². The highest BCUT2D eigenvalue weighted by atomic mass is 16.5. The van der Waals surface area contributed by atoms with Crippen molar-refractivity contribution in [1.29, 1.82) is 0 Å². The quantitative estimate of drug-likeness (QED) is 0.663. The Hall–Kier alpha value is -3.13. The number of hydrogen-bond donors (Lipinski definition) is 0. The predicted molar refractivity (Wildman–Crippen MR) is 108 cm³/mol. The molecule has 0 unspecified atom stereocenters. The number of hydrogen-bond acceptors (Lipinski definition) is 5. The standard InChI is InChI=1S/C21H23N5O3/c1-23-12-15-13-26(7-5-16-14-25-6-3-2-4-17(25)22-16)20(27)18(15)19(21(23)28)24-8-10-29-11-9-24/h2-4,6,12,14H,5,7-11,13H2,1H3. The average Bonchev–Trinajstić information content (AvgIpc) is 3.29. The minimum Gasteiger partial charge on any atom is -0.378 e. The molecule has 0 radical (unpaired) electrons. The van der Waals surface area contributed by atoms with Crippen LogP contribution in [0.5, 0.6) is 0 Å². The molecule has 3 aromatic heterocycles. The van der Waals surface area contributed by atoms with Crippen LogP contribution in [0.4, 0.5) is 5.69 Å². The van der Waals surface area contributed by atoms with Crippen molar-refractivity contribution in [2.24, 2.45) is 7.05 Å². The maximum Gasteiger partial charge on any atom is 0.274 e. The van der Waals surface area contributed by atoms with Gasteiger partial charge in [0.1, 0.15) is 11.3 Å². The molecular weight excluding hydrogens is 370 g/mol. The average molecular weight is 393 g/mol. The van der Waals surface area contributed by atoms with Gasteiger partial charge in [-0.05, 0) is 12.1 Å². The molecule has 8 heteroatoms. The Morgan fingerprint density at radius 3 is 2.76 bits per heavy atom. The molecule has 0 N–H and O–H groups in total. The fraction of sp³-hybridized carbons (Fsp3) is 0.381. The van der Waals surface area contributed by atoms with E-state index in [-0.39, 0.29) is 11.5 Å². The van der Waals surface area contributed by atoms with Crippen LogP contribution >= 0.6 is 0 Å². The zero-order chi connectivity index (χ0) is 20.0. The Morgan fingerprint density at radius 1 is 1.14 bits per heavy atom. The van der Waals surface area contributed by atoms with Crippen LogP contribution in [-0.2, 0) is 24.8 Å². The third kappa shape index (κ3) is 3.09. The van der Waals surface area contributed by atoms with Gasteiger partial charge in [0.15, 0.2) is 0 Å². The van der Waals surface area contributed by atoms with Crippen molar-refractivity contribution in [2.45, 2.75) is 13.0 Å². The number of anilines is 1. The first-order chi connectivity index (χ1) is 14.1. The normalized spacial score (nSPS) is 16.7. The monoisotopic (exact) mass is 393 g/mol. The van der Waals surface area contributed by atoms with E-state index in [1.54, 1.807) is 17.8 Å². The van der Waals surface area contributed by atoms with Crippen LogP contribution < -0.4 is 10.5 Å². The predicted octanol–water partition coefficient (Wildman–Crippen LogP) is 1.07. The molecule has 1 saturated heterocycles. The van der Waals surface area contributed by atoms with Crippen molar-refractivity contribution in [3.63, 3.8) is 0 Å². The van der Waals surface area contributed by atoms with E-state index >= 15 is 0 Å². The lowest BCUT2D eigenvalue weighted by Gasteiger charge is -2.29. The third-order valence-electron chi connectivity index (χ3n) is 5.67. The van der Waals surface area contributed by atoms with Crippen LogP contribution in [0.25, 0.3) is 5.65 Å². The smallest absolute Gasteiger partial charge is 0.274 e. The molecule has 150 valence electrons. The summed E-state index contributed by atoms with van der Waals surface area (Å²) in [6.45, 7) is 3.47. The lowest BCUT2D eigenvalue weighted by atomic mass is 10.1. The maximum atomic E-state index is 13.2. The van der Waals surface area contributed by atoms with E-state index in [0.29, 0.717) is 57.1 Å². The van der Waals surface area contributed by atoms with Crippen LogP contribution in [0.3, 0.4) is 0 Å². The fourth-order valence-electron chi connectivity index (χ4n) is 4.20. The lowest BCUT2D eigenvalue weighted by molar-refractivity contribution is 0.0779. The second kappa shape index (κ2) is 7.04. The molecule has 3 aromatic rings. The lowest BCUT2D eigenvalue weighted by Crippen LogP contribution is -2.41. The molecule has 0 spiro atoms. The van der Waals surface area contributed by atoms with Crippen LogP contribution in [0.1, 0.15) is 21.6 Å². The van der Waals surface area contributed by atoms with Crippen LogP contribution in [0.2, 0.25) is 0 Å². The van der Waals surface area contributed by atoms with Gasteiger partial charge in [-0.25, -0.2) is 4.98 Å². The summed E-state index contributed by atoms with van der Waals surface area (Å²) >= 11 is 0. The molecule has 2 aliphatic rings. The largest absolute Gasteiger partial charge is 0.378 e. The van der Waals surface area contributed by atoms with Gasteiger partial charge >= 0.3 is 0 Å². The Kier molecular flexibility index (Phi) is 4.35. The summed E-state index contributed by atoms with van der Waals surface area (Å²) in [4.78, 5) is 34.5. The molecule has 0 aromatic carbocycles. The van der Waals surface area contributed by atoms with Crippen molar-refractivity contribution in [1.82, 2.24) is 18.9 Å². The number of aryl methyl sites for hydroxylation is 1. The van der Waals surface area contributed by atoms with Gasteiger partial charge in [-0.1, -0.05) is 6.07 Å². The summed E-state index contributed by atoms with van der Waals surface area (Å²) in [5, 5.41) is 0. The van der Waals surface area contributed by atoms with Gasteiger partial charge in [-0.15, -0.1) is 0 Å². The van der Waals surface area contributed by atoms with Crippen molar-refractivity contribution >= 4 is 17.2 Å². The first-order valence-corrected chi connectivity index (χ1v) is 9.89. The molecule has 2 aliphatic heterocycles. The summed E-state index contributed by atoms with van der Waals surface area (Å²) in [6, 6.07) is 5.89. The SMILES string of the molecule is Cn1cc2c(c(N3CCOCC3)c1=O)C(=O)N(CCc1cn3ccccc3n1)C2. The van der Waals surface area contributed by atoms with Crippen molar-refractivity contribution < 1.29 is 9.53 Å². The molecule has 0 bridgehead atoms. The number of imidazole rings is 1.